The van der Waals surface area contributed by atoms with Gasteiger partial charge in [0.2, 0.25) is 5.76 Å². The van der Waals surface area contributed by atoms with Crippen LogP contribution in [0.1, 0.15) is 23.0 Å². The van der Waals surface area contributed by atoms with Gasteiger partial charge in [-0.1, -0.05) is 12.1 Å². The number of carbonyl (C=O) groups excluding carboxylic acids is 1. The summed E-state index contributed by atoms with van der Waals surface area (Å²) in [5.74, 6) is -0.392. The van der Waals surface area contributed by atoms with E-state index in [0.29, 0.717) is 6.42 Å². The molecule has 10 heavy (non-hydrogen) atoms. The first kappa shape index (κ1) is 6.80. The third kappa shape index (κ3) is 1.00. The zero-order chi connectivity index (χ0) is 7.56. The van der Waals surface area contributed by atoms with Gasteiger partial charge in [-0.25, -0.2) is 0 Å². The van der Waals surface area contributed by atoms with E-state index in [4.69, 9.17) is 5.73 Å². The van der Waals surface area contributed by atoms with Crippen LogP contribution in [0.25, 0.3) is 0 Å². The van der Waals surface area contributed by atoms with Crippen molar-refractivity contribution in [2.75, 3.05) is 0 Å². The second kappa shape index (κ2) is 2.51. The summed E-state index contributed by atoms with van der Waals surface area (Å²) >= 11 is 0. The molecule has 0 aliphatic rings. The van der Waals surface area contributed by atoms with Gasteiger partial charge in [0, 0.05) is 5.56 Å². The van der Waals surface area contributed by atoms with E-state index >= 15 is 0 Å². The lowest BCUT2D eigenvalue weighted by atomic mass is 10.2. The number of hydrogen-bond acceptors (Lipinski definition) is 3. The van der Waals surface area contributed by atoms with Crippen molar-refractivity contribution in [1.82, 2.24) is 5.16 Å². The van der Waals surface area contributed by atoms with Crippen LogP contribution < -0.4 is 5.73 Å². The molecule has 1 rings (SSSR count). The van der Waals surface area contributed by atoms with Crippen molar-refractivity contribution >= 4 is 5.91 Å². The van der Waals surface area contributed by atoms with Gasteiger partial charge in [0.05, 0.1) is 6.20 Å². The maximum Gasteiger partial charge on any atom is 0.287 e. The Kier molecular flexibility index (Phi) is 1.71. The van der Waals surface area contributed by atoms with Gasteiger partial charge in [-0.15, -0.1) is 0 Å². The van der Waals surface area contributed by atoms with Crippen LogP contribution in [0.15, 0.2) is 10.7 Å². The molecule has 0 spiro atoms. The molecule has 0 saturated heterocycles. The number of hydrogen-bond donors (Lipinski definition) is 1. The molecule has 0 bridgehead atoms. The quantitative estimate of drug-likeness (QED) is 0.643. The molecule has 1 aromatic heterocycles. The van der Waals surface area contributed by atoms with Gasteiger partial charge < -0.3 is 10.3 Å². The van der Waals surface area contributed by atoms with Gasteiger partial charge >= 0.3 is 0 Å². The van der Waals surface area contributed by atoms with Crippen molar-refractivity contribution in [3.63, 3.8) is 0 Å². The van der Waals surface area contributed by atoms with E-state index in [2.05, 4.69) is 9.68 Å². The molecule has 1 aromatic rings. The molecule has 4 nitrogen and oxygen atoms in total. The largest absolute Gasteiger partial charge is 0.363 e. The molecule has 0 aromatic carbocycles. The van der Waals surface area contributed by atoms with Crippen LogP contribution in [0.4, 0.5) is 0 Å². The molecule has 0 radical (unpaired) electrons. The predicted octanol–water partition coefficient (Wildman–Crippen LogP) is 0.336. The van der Waals surface area contributed by atoms with Gasteiger partial charge in [-0.2, -0.15) is 0 Å². The lowest BCUT2D eigenvalue weighted by molar-refractivity contribution is 0.0964. The van der Waals surface area contributed by atoms with Crippen molar-refractivity contribution < 1.29 is 9.32 Å². The molecule has 54 valence electrons. The average molecular weight is 140 g/mol. The molecule has 2 N–H and O–H groups in total. The van der Waals surface area contributed by atoms with E-state index in [1.165, 1.54) is 6.20 Å². The molecule has 0 aliphatic carbocycles. The summed E-state index contributed by atoms with van der Waals surface area (Å²) in [5, 5.41) is 3.44. The monoisotopic (exact) mass is 140 g/mol. The highest BCUT2D eigenvalue weighted by Crippen LogP contribution is 2.06. The van der Waals surface area contributed by atoms with Gasteiger partial charge in [-0.3, -0.25) is 4.79 Å². The average Bonchev–Trinajstić information content (AvgIpc) is 2.33. The van der Waals surface area contributed by atoms with Crippen molar-refractivity contribution in [2.24, 2.45) is 5.73 Å². The summed E-state index contributed by atoms with van der Waals surface area (Å²) in [5.41, 5.74) is 5.72. The standard InChI is InChI=1S/C6H8N2O2/c1-2-4-3-8-10-5(4)6(7)9/h3H,2H2,1H3,(H2,7,9). The van der Waals surface area contributed by atoms with Crippen LogP contribution in [0.3, 0.4) is 0 Å². The van der Waals surface area contributed by atoms with E-state index in [9.17, 15) is 4.79 Å². The van der Waals surface area contributed by atoms with Gasteiger partial charge in [0.15, 0.2) is 0 Å². The number of amides is 1. The Hall–Kier alpha value is -1.32. The first-order valence-electron chi connectivity index (χ1n) is 2.99. The first-order chi connectivity index (χ1) is 4.75. The van der Waals surface area contributed by atoms with Crippen molar-refractivity contribution in [2.45, 2.75) is 13.3 Å². The molecule has 1 amide bonds. The van der Waals surface area contributed by atoms with E-state index in [1.54, 1.807) is 0 Å². The zero-order valence-corrected chi connectivity index (χ0v) is 5.63. The number of nitrogens with zero attached hydrogens (tertiary/aromatic N) is 1. The molecule has 0 atom stereocenters. The summed E-state index contributed by atoms with van der Waals surface area (Å²) in [6, 6.07) is 0. The minimum absolute atomic E-state index is 0.169. The number of aryl methyl sites for hydroxylation is 1. The lowest BCUT2D eigenvalue weighted by Crippen LogP contribution is -2.11. The van der Waals surface area contributed by atoms with Crippen LogP contribution in [-0.2, 0) is 6.42 Å². The summed E-state index contributed by atoms with van der Waals surface area (Å²) < 4.78 is 4.59. The van der Waals surface area contributed by atoms with Crippen LogP contribution in [0.2, 0.25) is 0 Å². The van der Waals surface area contributed by atoms with E-state index < -0.39 is 5.91 Å². The van der Waals surface area contributed by atoms with E-state index in [0.717, 1.165) is 5.56 Å². The number of carbonyl (C=O) groups is 1. The van der Waals surface area contributed by atoms with E-state index in [1.807, 2.05) is 6.92 Å². The summed E-state index contributed by atoms with van der Waals surface area (Å²) in [6.07, 6.45) is 2.21. The minimum Gasteiger partial charge on any atom is -0.363 e. The number of rotatable bonds is 2. The SMILES string of the molecule is CCc1cnoc1C(N)=O. The maximum absolute atomic E-state index is 10.5. The molecular formula is C6H8N2O2. The Morgan fingerprint density at radius 1 is 1.90 bits per heavy atom. The van der Waals surface area contributed by atoms with Crippen LogP contribution in [0, 0.1) is 0 Å². The highest BCUT2D eigenvalue weighted by molar-refractivity contribution is 5.91. The fourth-order valence-electron chi connectivity index (χ4n) is 0.715. The van der Waals surface area contributed by atoms with Gasteiger partial charge in [0.25, 0.3) is 5.91 Å². The van der Waals surface area contributed by atoms with Gasteiger partial charge in [-0.05, 0) is 6.42 Å². The van der Waals surface area contributed by atoms with Crippen LogP contribution in [-0.4, -0.2) is 11.1 Å². The third-order valence-corrected chi connectivity index (χ3v) is 1.25. The lowest BCUT2D eigenvalue weighted by Gasteiger charge is -1.88. The van der Waals surface area contributed by atoms with E-state index in [-0.39, 0.29) is 5.76 Å². The first-order valence-corrected chi connectivity index (χ1v) is 2.99. The van der Waals surface area contributed by atoms with Crippen LogP contribution >= 0.6 is 0 Å². The molecule has 0 unspecified atom stereocenters. The number of aromatic nitrogens is 1. The normalized spacial score (nSPS) is 9.70. The molecule has 1 heterocycles. The Morgan fingerprint density at radius 3 is 3.00 bits per heavy atom. The Morgan fingerprint density at radius 2 is 2.60 bits per heavy atom. The smallest absolute Gasteiger partial charge is 0.287 e. The molecular weight excluding hydrogens is 132 g/mol. The van der Waals surface area contributed by atoms with Crippen molar-refractivity contribution in [3.8, 4) is 0 Å². The molecule has 0 fully saturated rings. The molecule has 4 heteroatoms. The minimum atomic E-state index is -0.561. The summed E-state index contributed by atoms with van der Waals surface area (Å²) in [4.78, 5) is 10.5. The van der Waals surface area contributed by atoms with Gasteiger partial charge in [0.1, 0.15) is 0 Å². The Bertz CT molecular complexity index is 242. The highest BCUT2D eigenvalue weighted by atomic mass is 16.5. The number of nitrogens with two attached hydrogens (primary N) is 1. The summed E-state index contributed by atoms with van der Waals surface area (Å²) in [7, 11) is 0. The fourth-order valence-corrected chi connectivity index (χ4v) is 0.715. The maximum atomic E-state index is 10.5. The summed E-state index contributed by atoms with van der Waals surface area (Å²) in [6.45, 7) is 1.90. The Balaban J connectivity index is 3.01. The van der Waals surface area contributed by atoms with Crippen LogP contribution in [0.5, 0.6) is 0 Å². The van der Waals surface area contributed by atoms with Crippen molar-refractivity contribution in [3.05, 3.63) is 17.5 Å². The number of primary amides is 1. The topological polar surface area (TPSA) is 69.1 Å². The zero-order valence-electron chi connectivity index (χ0n) is 5.63. The van der Waals surface area contributed by atoms with Crippen molar-refractivity contribution in [1.29, 1.82) is 0 Å². The molecule has 0 aliphatic heterocycles. The Labute approximate surface area is 58.0 Å². The third-order valence-electron chi connectivity index (χ3n) is 1.25. The second-order valence-electron chi connectivity index (χ2n) is 1.90. The molecule has 0 saturated carbocycles. The predicted molar refractivity (Wildman–Crippen MR) is 34.4 cm³/mol. The second-order valence-corrected chi connectivity index (χ2v) is 1.90. The highest BCUT2D eigenvalue weighted by Gasteiger charge is 2.10. The fraction of sp³-hybridized carbons (Fsp3) is 0.333.